The average molecular weight is 574 g/mol. The number of pyridine rings is 1. The second-order valence-corrected chi connectivity index (χ2v) is 7.84. The molecule has 0 aliphatic carbocycles. The number of nitrogens with zero attached hydrogens (tertiary/aromatic N) is 3. The fourth-order valence-corrected chi connectivity index (χ4v) is 4.06. The molecule has 2 heterocycles. The molecule has 34 heavy (non-hydrogen) atoms. The molecule has 0 spiro atoms. The molecule has 0 amide bonds. The molecule has 1 fully saturated rings. The van der Waals surface area contributed by atoms with E-state index in [2.05, 4.69) is 50.5 Å². The molecule has 1 atom stereocenters. The van der Waals surface area contributed by atoms with Crippen LogP contribution < -0.4 is 19.5 Å². The van der Waals surface area contributed by atoms with Crippen molar-refractivity contribution in [1.29, 1.82) is 0 Å². The Morgan fingerprint density at radius 3 is 2.38 bits per heavy atom. The van der Waals surface area contributed by atoms with E-state index in [4.69, 9.17) is 14.2 Å². The third-order valence-electron chi connectivity index (χ3n) is 5.81. The number of likely N-dealkylation sites (tertiary alicyclic amines) is 1. The number of para-hydroxylation sites is 1. The molecular formula is C26H31IN4O3. The van der Waals surface area contributed by atoms with Gasteiger partial charge in [0.2, 0.25) is 11.6 Å². The van der Waals surface area contributed by atoms with Gasteiger partial charge in [0, 0.05) is 44.9 Å². The summed E-state index contributed by atoms with van der Waals surface area (Å²) in [5.74, 6) is 3.59. The summed E-state index contributed by atoms with van der Waals surface area (Å²) in [7, 11) is 5.02. The molecule has 1 saturated heterocycles. The van der Waals surface area contributed by atoms with E-state index in [1.165, 1.54) is 5.56 Å². The number of methoxy groups -OCH3 is 2. The Morgan fingerprint density at radius 2 is 1.76 bits per heavy atom. The van der Waals surface area contributed by atoms with E-state index in [0.29, 0.717) is 35.6 Å². The van der Waals surface area contributed by atoms with Gasteiger partial charge in [-0.1, -0.05) is 42.5 Å². The molecule has 1 aliphatic heterocycles. The number of hydrogen-bond donors (Lipinski definition) is 1. The van der Waals surface area contributed by atoms with Crippen molar-refractivity contribution >= 4 is 29.9 Å². The normalized spacial score (nSPS) is 15.4. The van der Waals surface area contributed by atoms with Crippen LogP contribution in [-0.2, 0) is 6.54 Å². The Balaban J connectivity index is 0.00000324. The molecule has 0 bridgehead atoms. The predicted molar refractivity (Wildman–Crippen MR) is 145 cm³/mol. The van der Waals surface area contributed by atoms with Crippen LogP contribution in [0.4, 0.5) is 0 Å². The summed E-state index contributed by atoms with van der Waals surface area (Å²) in [5.41, 5.74) is 2.43. The smallest absolute Gasteiger partial charge is 0.219 e. The summed E-state index contributed by atoms with van der Waals surface area (Å²) < 4.78 is 16.7. The molecule has 1 unspecified atom stereocenters. The van der Waals surface area contributed by atoms with Crippen LogP contribution in [-0.4, -0.2) is 50.2 Å². The Kier molecular flexibility index (Phi) is 9.38. The number of aliphatic imine (C=N–C) groups is 1. The van der Waals surface area contributed by atoms with E-state index in [0.717, 1.165) is 31.0 Å². The lowest BCUT2D eigenvalue weighted by molar-refractivity contribution is 0.342. The second-order valence-electron chi connectivity index (χ2n) is 7.84. The summed E-state index contributed by atoms with van der Waals surface area (Å²) in [6.45, 7) is 2.59. The zero-order valence-electron chi connectivity index (χ0n) is 19.7. The first-order chi connectivity index (χ1) is 16.2. The highest BCUT2D eigenvalue weighted by molar-refractivity contribution is 14.0. The van der Waals surface area contributed by atoms with Gasteiger partial charge in [0.1, 0.15) is 0 Å². The molecule has 180 valence electrons. The summed E-state index contributed by atoms with van der Waals surface area (Å²) in [6, 6.07) is 20.0. The fraction of sp³-hybridized carbons (Fsp3) is 0.308. The molecule has 8 heteroatoms. The number of ether oxygens (including phenoxy) is 3. The molecule has 1 N–H and O–H groups in total. The van der Waals surface area contributed by atoms with Crippen LogP contribution in [0.1, 0.15) is 23.5 Å². The molecule has 7 nitrogen and oxygen atoms in total. The minimum Gasteiger partial charge on any atom is -0.493 e. The highest BCUT2D eigenvalue weighted by Crippen LogP contribution is 2.39. The third kappa shape index (κ3) is 6.11. The Bertz CT molecular complexity index is 1050. The van der Waals surface area contributed by atoms with Gasteiger partial charge < -0.3 is 24.4 Å². The van der Waals surface area contributed by atoms with Gasteiger partial charge in [0.05, 0.1) is 14.2 Å². The van der Waals surface area contributed by atoms with Crippen molar-refractivity contribution in [3.8, 4) is 23.1 Å². The van der Waals surface area contributed by atoms with Crippen LogP contribution in [0.2, 0.25) is 0 Å². The molecule has 2 aromatic carbocycles. The van der Waals surface area contributed by atoms with E-state index < -0.39 is 0 Å². The van der Waals surface area contributed by atoms with Crippen molar-refractivity contribution in [2.45, 2.75) is 18.9 Å². The topological polar surface area (TPSA) is 68.2 Å². The monoisotopic (exact) mass is 574 g/mol. The molecule has 0 radical (unpaired) electrons. The highest BCUT2D eigenvalue weighted by Gasteiger charge is 2.25. The van der Waals surface area contributed by atoms with Gasteiger partial charge >= 0.3 is 0 Å². The zero-order chi connectivity index (χ0) is 23.0. The highest BCUT2D eigenvalue weighted by atomic mass is 127. The van der Waals surface area contributed by atoms with Crippen molar-refractivity contribution < 1.29 is 14.2 Å². The summed E-state index contributed by atoms with van der Waals surface area (Å²) in [4.78, 5) is 11.3. The van der Waals surface area contributed by atoms with Crippen molar-refractivity contribution in [3.63, 3.8) is 0 Å². The van der Waals surface area contributed by atoms with Crippen LogP contribution >= 0.6 is 24.0 Å². The standard InChI is InChI=1S/C26H30N4O3.HI/c1-27-26(30-15-14-21(18-30)20-8-5-4-6-9-20)29-17-19-12-13-24(28-16-19)33-25-22(31-2)10-7-11-23(25)32-3;/h4-13,16,21H,14-15,17-18H2,1-3H3,(H,27,29);1H. The second kappa shape index (κ2) is 12.5. The van der Waals surface area contributed by atoms with E-state index in [9.17, 15) is 0 Å². The summed E-state index contributed by atoms with van der Waals surface area (Å²) in [5, 5.41) is 3.46. The van der Waals surface area contributed by atoms with Gasteiger partial charge in [0.15, 0.2) is 17.5 Å². The molecule has 0 saturated carbocycles. The number of rotatable bonds is 7. The third-order valence-corrected chi connectivity index (χ3v) is 5.81. The van der Waals surface area contributed by atoms with Gasteiger partial charge in [-0.15, -0.1) is 24.0 Å². The van der Waals surface area contributed by atoms with Crippen LogP contribution in [0.25, 0.3) is 0 Å². The molecule has 3 aromatic rings. The predicted octanol–water partition coefficient (Wildman–Crippen LogP) is 5.07. The first-order valence-corrected chi connectivity index (χ1v) is 11.1. The lowest BCUT2D eigenvalue weighted by Crippen LogP contribution is -2.39. The van der Waals surface area contributed by atoms with Crippen molar-refractivity contribution in [2.75, 3.05) is 34.4 Å². The Morgan fingerprint density at radius 1 is 1.03 bits per heavy atom. The van der Waals surface area contributed by atoms with Crippen molar-refractivity contribution in [2.24, 2.45) is 4.99 Å². The van der Waals surface area contributed by atoms with Gasteiger partial charge in [0.25, 0.3) is 0 Å². The van der Waals surface area contributed by atoms with Crippen molar-refractivity contribution in [3.05, 3.63) is 78.0 Å². The number of aromatic nitrogens is 1. The first-order valence-electron chi connectivity index (χ1n) is 11.1. The zero-order valence-corrected chi connectivity index (χ0v) is 22.1. The lowest BCUT2D eigenvalue weighted by Gasteiger charge is -2.22. The maximum absolute atomic E-state index is 5.95. The van der Waals surface area contributed by atoms with Gasteiger partial charge in [-0.2, -0.15) is 0 Å². The van der Waals surface area contributed by atoms with Gasteiger partial charge in [-0.05, 0) is 29.7 Å². The van der Waals surface area contributed by atoms with Gasteiger partial charge in [-0.25, -0.2) is 4.98 Å². The lowest BCUT2D eigenvalue weighted by atomic mass is 9.99. The quantitative estimate of drug-likeness (QED) is 0.242. The maximum Gasteiger partial charge on any atom is 0.219 e. The Labute approximate surface area is 218 Å². The van der Waals surface area contributed by atoms with E-state index in [1.807, 2.05) is 37.4 Å². The van der Waals surface area contributed by atoms with Crippen LogP contribution in [0, 0.1) is 0 Å². The molecule has 1 aromatic heterocycles. The Hall–Kier alpha value is -3.01. The number of nitrogens with one attached hydrogen (secondary N) is 1. The van der Waals surface area contributed by atoms with Crippen LogP contribution in [0.5, 0.6) is 23.1 Å². The fourth-order valence-electron chi connectivity index (χ4n) is 4.06. The molecular weight excluding hydrogens is 543 g/mol. The van der Waals surface area contributed by atoms with Gasteiger partial charge in [-0.3, -0.25) is 4.99 Å². The maximum atomic E-state index is 5.95. The number of halogens is 1. The summed E-state index contributed by atoms with van der Waals surface area (Å²) >= 11 is 0. The SMILES string of the molecule is CN=C(NCc1ccc(Oc2c(OC)cccc2OC)nc1)N1CCC(c2ccccc2)C1.I. The minimum absolute atomic E-state index is 0. The van der Waals surface area contributed by atoms with E-state index >= 15 is 0 Å². The number of guanidine groups is 1. The largest absolute Gasteiger partial charge is 0.493 e. The minimum atomic E-state index is 0. The van der Waals surface area contributed by atoms with Crippen molar-refractivity contribution in [1.82, 2.24) is 15.2 Å². The molecule has 1 aliphatic rings. The first kappa shape index (κ1) is 25.6. The average Bonchev–Trinajstić information content (AvgIpc) is 3.36. The van der Waals surface area contributed by atoms with Crippen LogP contribution in [0.15, 0.2) is 71.9 Å². The molecule has 4 rings (SSSR count). The van der Waals surface area contributed by atoms with E-state index in [-0.39, 0.29) is 24.0 Å². The van der Waals surface area contributed by atoms with E-state index in [1.54, 1.807) is 20.4 Å². The van der Waals surface area contributed by atoms with Crippen LogP contribution in [0.3, 0.4) is 0 Å². The number of hydrogen-bond acceptors (Lipinski definition) is 5. The summed E-state index contributed by atoms with van der Waals surface area (Å²) in [6.07, 6.45) is 2.93. The number of benzene rings is 2.